The minimum atomic E-state index is -5.77. The predicted molar refractivity (Wildman–Crippen MR) is 118 cm³/mol. The Labute approximate surface area is 206 Å². The number of primary amides is 1. The smallest absolute Gasteiger partial charge is 0.385 e. The Kier molecular flexibility index (Phi) is 8.68. The van der Waals surface area contributed by atoms with Crippen molar-refractivity contribution in [3.05, 3.63) is 52.6 Å². The van der Waals surface area contributed by atoms with Gasteiger partial charge >= 0.3 is 23.5 Å². The SMILES string of the molecule is COP(=O)(O)OP(=O)(O)OP(=O)(O)O[C@H]1O[C@@H](n2cc(-c3ccccc3)nc(C(N)=O)c2=O)[C@H](O)[C@@H]1O. The summed E-state index contributed by atoms with van der Waals surface area (Å²) in [4.78, 5) is 56.8. The number of benzene rings is 1. The van der Waals surface area contributed by atoms with Crippen LogP contribution >= 0.6 is 23.5 Å². The summed E-state index contributed by atoms with van der Waals surface area (Å²) in [5, 5.41) is 20.7. The van der Waals surface area contributed by atoms with E-state index in [0.717, 1.165) is 6.20 Å². The lowest BCUT2D eigenvalue weighted by molar-refractivity contribution is -0.135. The van der Waals surface area contributed by atoms with Crippen molar-refractivity contribution >= 4 is 29.4 Å². The van der Waals surface area contributed by atoms with Gasteiger partial charge in [-0.25, -0.2) is 18.7 Å². The van der Waals surface area contributed by atoms with Gasteiger partial charge in [-0.2, -0.15) is 8.62 Å². The number of aliphatic hydroxyl groups is 2. The molecule has 204 valence electrons. The highest BCUT2D eigenvalue weighted by molar-refractivity contribution is 7.66. The van der Waals surface area contributed by atoms with Gasteiger partial charge < -0.3 is 35.4 Å². The number of ether oxygens (including phenoxy) is 1. The molecule has 1 aliphatic heterocycles. The standard InChI is InChI=1S/C16H20N3O15P3/c1-30-35(24,25)33-37(28,29)34-36(26,27)32-16-12(21)11(20)15(31-16)19-7-9(8-5-3-2-4-6-8)18-10(13(17)22)14(19)23/h2-7,11-12,15-16,20-21H,1H3,(H2,17,22)(H,24,25)(H,26,27)(H,28,29)/t11-,12+,15-,16-/m1/s1. The molecule has 18 nitrogen and oxygen atoms in total. The molecule has 1 amide bonds. The first kappa shape index (κ1) is 29.4. The molecule has 0 spiro atoms. The Morgan fingerprint density at radius 3 is 2.19 bits per heavy atom. The van der Waals surface area contributed by atoms with Gasteiger partial charge in [0.2, 0.25) is 0 Å². The molecule has 1 aromatic carbocycles. The largest absolute Gasteiger partial charge is 0.490 e. The molecule has 1 saturated heterocycles. The zero-order chi connectivity index (χ0) is 27.8. The van der Waals surface area contributed by atoms with Crippen molar-refractivity contribution in [1.29, 1.82) is 0 Å². The van der Waals surface area contributed by atoms with Crippen molar-refractivity contribution in [3.8, 4) is 11.3 Å². The molecule has 0 aliphatic carbocycles. The molecule has 1 aliphatic rings. The topological polar surface area (TPSA) is 276 Å². The minimum absolute atomic E-state index is 0.0183. The molecule has 3 rings (SSSR count). The summed E-state index contributed by atoms with van der Waals surface area (Å²) in [6, 6.07) is 8.05. The number of nitrogens with two attached hydrogens (primary N) is 1. The Bertz CT molecular complexity index is 1370. The van der Waals surface area contributed by atoms with Gasteiger partial charge in [0.15, 0.2) is 18.2 Å². The summed E-state index contributed by atoms with van der Waals surface area (Å²) in [6.45, 7) is 0. The molecule has 0 radical (unpaired) electrons. The summed E-state index contributed by atoms with van der Waals surface area (Å²) < 4.78 is 56.9. The number of carbonyl (C=O) groups excluding carboxylic acids is 1. The summed E-state index contributed by atoms with van der Waals surface area (Å²) >= 11 is 0. The van der Waals surface area contributed by atoms with E-state index < -0.39 is 65.4 Å². The van der Waals surface area contributed by atoms with Gasteiger partial charge in [0.1, 0.15) is 12.2 Å². The van der Waals surface area contributed by atoms with Crippen LogP contribution in [0.5, 0.6) is 0 Å². The molecule has 21 heteroatoms. The molecular weight excluding hydrogens is 567 g/mol. The second-order valence-corrected chi connectivity index (χ2v) is 11.8. The lowest BCUT2D eigenvalue weighted by Crippen LogP contribution is -2.38. The van der Waals surface area contributed by atoms with E-state index in [2.05, 4.69) is 22.7 Å². The number of aromatic nitrogens is 2. The molecule has 2 heterocycles. The van der Waals surface area contributed by atoms with Crippen molar-refractivity contribution in [3.63, 3.8) is 0 Å². The number of nitrogens with zero attached hydrogens (tertiary/aromatic N) is 2. The Morgan fingerprint density at radius 2 is 1.62 bits per heavy atom. The summed E-state index contributed by atoms with van der Waals surface area (Å²) in [5.41, 5.74) is 3.72. The maximum Gasteiger partial charge on any atom is 0.490 e. The maximum atomic E-state index is 12.8. The summed E-state index contributed by atoms with van der Waals surface area (Å²) in [5.74, 6) is -1.23. The number of rotatable bonds is 10. The average Bonchev–Trinajstić information content (AvgIpc) is 3.05. The van der Waals surface area contributed by atoms with Crippen LogP contribution in [0.4, 0.5) is 0 Å². The number of phosphoric ester groups is 2. The quantitative estimate of drug-likeness (QED) is 0.193. The van der Waals surface area contributed by atoms with E-state index >= 15 is 0 Å². The van der Waals surface area contributed by atoms with Crippen LogP contribution in [-0.4, -0.2) is 66.0 Å². The molecule has 1 fully saturated rings. The Hall–Kier alpha value is -2.14. The lowest BCUT2D eigenvalue weighted by atomic mass is 10.1. The van der Waals surface area contributed by atoms with Crippen LogP contribution < -0.4 is 11.3 Å². The minimum Gasteiger partial charge on any atom is -0.385 e. The number of amides is 1. The van der Waals surface area contributed by atoms with Gasteiger partial charge in [-0.05, 0) is 0 Å². The molecule has 7 N–H and O–H groups in total. The van der Waals surface area contributed by atoms with Gasteiger partial charge in [0.25, 0.3) is 11.5 Å². The first-order valence-corrected chi connectivity index (χ1v) is 14.2. The van der Waals surface area contributed by atoms with Crippen LogP contribution in [0.1, 0.15) is 16.7 Å². The third kappa shape index (κ3) is 7.04. The highest BCUT2D eigenvalue weighted by Gasteiger charge is 2.50. The van der Waals surface area contributed by atoms with Crippen LogP contribution in [0.15, 0.2) is 41.3 Å². The van der Waals surface area contributed by atoms with Crippen LogP contribution in [-0.2, 0) is 36.1 Å². The van der Waals surface area contributed by atoms with Gasteiger partial charge in [-0.1, -0.05) is 30.3 Å². The predicted octanol–water partition coefficient (Wildman–Crippen LogP) is -0.417. The van der Waals surface area contributed by atoms with Gasteiger partial charge in [0, 0.05) is 18.9 Å². The second kappa shape index (κ2) is 10.9. The van der Waals surface area contributed by atoms with Crippen LogP contribution in [0.3, 0.4) is 0 Å². The fourth-order valence-electron chi connectivity index (χ4n) is 3.01. The monoisotopic (exact) mass is 587 g/mol. The normalized spacial score (nSPS) is 26.6. The molecule has 0 saturated carbocycles. The first-order chi connectivity index (χ1) is 17.1. The third-order valence-corrected chi connectivity index (χ3v) is 8.82. The molecule has 7 atom stereocenters. The number of hydrogen-bond donors (Lipinski definition) is 6. The van der Waals surface area contributed by atoms with E-state index in [1.807, 2.05) is 0 Å². The zero-order valence-electron chi connectivity index (χ0n) is 18.4. The highest BCUT2D eigenvalue weighted by Crippen LogP contribution is 2.68. The third-order valence-electron chi connectivity index (χ3n) is 4.58. The van der Waals surface area contributed by atoms with Crippen LogP contribution in [0.2, 0.25) is 0 Å². The second-order valence-electron chi connectivity index (χ2n) is 7.15. The summed E-state index contributed by atoms with van der Waals surface area (Å²) in [6.07, 6.45) is -7.32. The van der Waals surface area contributed by atoms with Gasteiger partial charge in [-0.3, -0.25) is 23.2 Å². The van der Waals surface area contributed by atoms with Crippen molar-refractivity contribution in [1.82, 2.24) is 9.55 Å². The maximum absolute atomic E-state index is 12.8. The summed E-state index contributed by atoms with van der Waals surface area (Å²) in [7, 11) is -16.1. The van der Waals surface area contributed by atoms with Crippen molar-refractivity contribution < 1.29 is 65.8 Å². The fraction of sp³-hybridized carbons (Fsp3) is 0.312. The number of carbonyl (C=O) groups is 1. The van der Waals surface area contributed by atoms with Crippen LogP contribution in [0.25, 0.3) is 11.3 Å². The number of phosphoric acid groups is 3. The molecule has 2 aromatic rings. The van der Waals surface area contributed by atoms with Crippen molar-refractivity contribution in [2.75, 3.05) is 7.11 Å². The zero-order valence-corrected chi connectivity index (χ0v) is 21.1. The number of aliphatic hydroxyl groups excluding tert-OH is 2. The highest BCUT2D eigenvalue weighted by atomic mass is 31.3. The van der Waals surface area contributed by atoms with Gasteiger partial charge in [0.05, 0.1) is 5.69 Å². The van der Waals surface area contributed by atoms with E-state index in [4.69, 9.17) is 15.4 Å². The lowest BCUT2D eigenvalue weighted by Gasteiger charge is -2.21. The van der Waals surface area contributed by atoms with E-state index in [1.165, 1.54) is 0 Å². The molecule has 37 heavy (non-hydrogen) atoms. The van der Waals surface area contributed by atoms with Crippen molar-refractivity contribution in [2.45, 2.75) is 24.7 Å². The Balaban J connectivity index is 1.90. The van der Waals surface area contributed by atoms with Gasteiger partial charge in [-0.15, -0.1) is 0 Å². The van der Waals surface area contributed by atoms with E-state index in [0.29, 0.717) is 17.2 Å². The molecular formula is C16H20N3O15P3. The molecule has 0 bridgehead atoms. The van der Waals surface area contributed by atoms with Crippen LogP contribution in [0, 0.1) is 0 Å². The van der Waals surface area contributed by atoms with E-state index in [-0.39, 0.29) is 5.69 Å². The average molecular weight is 587 g/mol. The number of hydrogen-bond acceptors (Lipinski definition) is 13. The van der Waals surface area contributed by atoms with E-state index in [1.54, 1.807) is 30.3 Å². The van der Waals surface area contributed by atoms with Crippen molar-refractivity contribution in [2.24, 2.45) is 5.73 Å². The first-order valence-electron chi connectivity index (χ1n) is 9.71. The fourth-order valence-corrected chi connectivity index (χ4v) is 6.34. The molecule has 1 aromatic heterocycles. The molecule has 3 unspecified atom stereocenters. The van der Waals surface area contributed by atoms with E-state index in [9.17, 15) is 43.3 Å². The Morgan fingerprint density at radius 1 is 1.03 bits per heavy atom.